The Morgan fingerprint density at radius 1 is 0.971 bits per heavy atom. The Morgan fingerprint density at radius 2 is 1.74 bits per heavy atom. The van der Waals surface area contributed by atoms with Gasteiger partial charge >= 0.3 is 0 Å². The maximum atomic E-state index is 14.6. The smallest absolute Gasteiger partial charge is 0.252 e. The highest BCUT2D eigenvalue weighted by atomic mass is 32.2. The zero-order chi connectivity index (χ0) is 24.7. The summed E-state index contributed by atoms with van der Waals surface area (Å²) < 4.78 is 53.6. The molecule has 7 nitrogen and oxygen atoms in total. The molecule has 0 atom stereocenters. The van der Waals surface area contributed by atoms with Crippen molar-refractivity contribution in [3.63, 3.8) is 0 Å². The average Bonchev–Trinajstić information content (AvgIpc) is 3.27. The summed E-state index contributed by atoms with van der Waals surface area (Å²) in [5.74, 6) is 0.205. The number of ether oxygens (including phenoxy) is 2. The highest BCUT2D eigenvalue weighted by molar-refractivity contribution is 7.89. The first-order valence-electron chi connectivity index (χ1n) is 11.0. The van der Waals surface area contributed by atoms with Crippen LogP contribution in [-0.2, 0) is 23.1 Å². The van der Waals surface area contributed by atoms with Crippen LogP contribution in [-0.4, -0.2) is 24.5 Å². The summed E-state index contributed by atoms with van der Waals surface area (Å²) in [6, 6.07) is 15.9. The molecule has 5 rings (SSSR count). The number of fused-ring (bicyclic) bond motifs is 2. The lowest BCUT2D eigenvalue weighted by molar-refractivity contribution is 0.174. The van der Waals surface area contributed by atoms with Crippen LogP contribution < -0.4 is 15.0 Å². The van der Waals surface area contributed by atoms with E-state index in [9.17, 15) is 17.6 Å². The molecule has 0 bridgehead atoms. The third-order valence-electron chi connectivity index (χ3n) is 5.99. The molecule has 180 valence electrons. The van der Waals surface area contributed by atoms with Crippen LogP contribution in [0.3, 0.4) is 0 Å². The SMILES string of the molecule is Cc1cc(C)c2cc(CN(Cc3ccc4c(c3)OCO4)S(=O)(=O)c3ccccc3F)c(=O)[nH]c2c1. The van der Waals surface area contributed by atoms with Gasteiger partial charge in [-0.15, -0.1) is 0 Å². The lowest BCUT2D eigenvalue weighted by Crippen LogP contribution is -2.33. The molecular weight excluding hydrogens is 471 g/mol. The van der Waals surface area contributed by atoms with Crippen molar-refractivity contribution in [3.8, 4) is 11.5 Å². The van der Waals surface area contributed by atoms with E-state index in [1.165, 1.54) is 18.2 Å². The normalized spacial score (nSPS) is 13.0. The number of halogens is 1. The standard InChI is InChI=1S/C26H23FN2O5S/c1-16-9-17(2)20-12-19(26(30)28-22(20)10-16)14-29(35(31,32)25-6-4-3-5-21(25)27)13-18-7-8-23-24(11-18)34-15-33-23/h3-12H,13-15H2,1-2H3,(H,28,30). The maximum absolute atomic E-state index is 14.6. The van der Waals surface area contributed by atoms with Gasteiger partial charge in [0.1, 0.15) is 10.7 Å². The summed E-state index contributed by atoms with van der Waals surface area (Å²) in [6.07, 6.45) is 0. The molecule has 0 unspecified atom stereocenters. The number of hydrogen-bond donors (Lipinski definition) is 1. The van der Waals surface area contributed by atoms with Gasteiger partial charge in [0, 0.05) is 29.6 Å². The van der Waals surface area contributed by atoms with Gasteiger partial charge in [-0.05, 0) is 66.9 Å². The van der Waals surface area contributed by atoms with Crippen molar-refractivity contribution in [2.24, 2.45) is 0 Å². The van der Waals surface area contributed by atoms with E-state index in [0.717, 1.165) is 26.9 Å². The molecule has 1 aliphatic rings. The molecule has 1 N–H and O–H groups in total. The number of aromatic amines is 1. The molecule has 0 saturated heterocycles. The topological polar surface area (TPSA) is 88.7 Å². The summed E-state index contributed by atoms with van der Waals surface area (Å²) in [7, 11) is -4.30. The van der Waals surface area contributed by atoms with E-state index in [1.807, 2.05) is 26.0 Å². The first kappa shape index (κ1) is 23.1. The van der Waals surface area contributed by atoms with Gasteiger partial charge in [0.25, 0.3) is 5.56 Å². The van der Waals surface area contributed by atoms with E-state index < -0.39 is 26.3 Å². The molecule has 1 aliphatic heterocycles. The Hall–Kier alpha value is -3.69. The summed E-state index contributed by atoms with van der Waals surface area (Å²) in [5.41, 5.74) is 3.10. The minimum atomic E-state index is -4.30. The van der Waals surface area contributed by atoms with Gasteiger partial charge < -0.3 is 14.5 Å². The predicted octanol–water partition coefficient (Wildman–Crippen LogP) is 4.40. The van der Waals surface area contributed by atoms with Crippen molar-refractivity contribution in [1.82, 2.24) is 9.29 Å². The van der Waals surface area contributed by atoms with Crippen LogP contribution in [0.5, 0.6) is 11.5 Å². The number of sulfonamides is 1. The van der Waals surface area contributed by atoms with Crippen LogP contribution in [0.2, 0.25) is 0 Å². The van der Waals surface area contributed by atoms with E-state index >= 15 is 0 Å². The number of pyridine rings is 1. The Morgan fingerprint density at radius 3 is 2.54 bits per heavy atom. The molecule has 3 aromatic carbocycles. The second kappa shape index (κ2) is 8.83. The fraction of sp³-hybridized carbons (Fsp3) is 0.192. The molecule has 0 fully saturated rings. The molecule has 1 aromatic heterocycles. The summed E-state index contributed by atoms with van der Waals surface area (Å²) in [6.45, 7) is 3.60. The Labute approximate surface area is 201 Å². The van der Waals surface area contributed by atoms with Crippen LogP contribution in [0.25, 0.3) is 10.9 Å². The molecule has 0 aliphatic carbocycles. The zero-order valence-corrected chi connectivity index (χ0v) is 20.0. The maximum Gasteiger partial charge on any atom is 0.252 e. The van der Waals surface area contributed by atoms with Crippen LogP contribution in [0, 0.1) is 19.7 Å². The van der Waals surface area contributed by atoms with Crippen molar-refractivity contribution >= 4 is 20.9 Å². The summed E-state index contributed by atoms with van der Waals surface area (Å²) >= 11 is 0. The number of hydrogen-bond acceptors (Lipinski definition) is 5. The Balaban J connectivity index is 1.59. The number of rotatable bonds is 6. The van der Waals surface area contributed by atoms with Crippen LogP contribution in [0.1, 0.15) is 22.3 Å². The highest BCUT2D eigenvalue weighted by Gasteiger charge is 2.29. The first-order chi connectivity index (χ1) is 16.7. The van der Waals surface area contributed by atoms with E-state index in [-0.39, 0.29) is 25.4 Å². The summed E-state index contributed by atoms with van der Waals surface area (Å²) in [4.78, 5) is 15.3. The summed E-state index contributed by atoms with van der Waals surface area (Å²) in [5, 5.41) is 0.816. The zero-order valence-electron chi connectivity index (χ0n) is 19.2. The number of benzene rings is 3. The molecule has 9 heteroatoms. The predicted molar refractivity (Wildman–Crippen MR) is 129 cm³/mol. The molecule has 0 spiro atoms. The minimum Gasteiger partial charge on any atom is -0.454 e. The van der Waals surface area contributed by atoms with Gasteiger partial charge in [-0.1, -0.05) is 24.3 Å². The number of nitrogens with one attached hydrogen (secondary N) is 1. The van der Waals surface area contributed by atoms with E-state index in [2.05, 4.69) is 4.98 Å². The lowest BCUT2D eigenvalue weighted by Gasteiger charge is -2.23. The van der Waals surface area contributed by atoms with Crippen molar-refractivity contribution in [2.45, 2.75) is 31.8 Å². The molecule has 0 radical (unpaired) electrons. The van der Waals surface area contributed by atoms with Gasteiger partial charge in [-0.2, -0.15) is 4.31 Å². The number of H-pyrrole nitrogens is 1. The van der Waals surface area contributed by atoms with Crippen LogP contribution in [0.15, 0.2) is 70.4 Å². The van der Waals surface area contributed by atoms with Crippen LogP contribution >= 0.6 is 0 Å². The van der Waals surface area contributed by atoms with Gasteiger partial charge in [0.15, 0.2) is 11.5 Å². The Bertz CT molecular complexity index is 1610. The lowest BCUT2D eigenvalue weighted by atomic mass is 10.0. The molecule has 0 amide bonds. The van der Waals surface area contributed by atoms with Gasteiger partial charge in [-0.25, -0.2) is 12.8 Å². The average molecular weight is 495 g/mol. The van der Waals surface area contributed by atoms with E-state index in [0.29, 0.717) is 22.6 Å². The number of aromatic nitrogens is 1. The van der Waals surface area contributed by atoms with E-state index in [4.69, 9.17) is 9.47 Å². The Kier molecular flexibility index (Phi) is 5.82. The van der Waals surface area contributed by atoms with Crippen LogP contribution in [0.4, 0.5) is 4.39 Å². The largest absolute Gasteiger partial charge is 0.454 e. The molecule has 4 aromatic rings. The number of aryl methyl sites for hydroxylation is 2. The van der Waals surface area contributed by atoms with Crippen molar-refractivity contribution < 1.29 is 22.3 Å². The van der Waals surface area contributed by atoms with Gasteiger partial charge in [0.2, 0.25) is 16.8 Å². The first-order valence-corrected chi connectivity index (χ1v) is 12.4. The second-order valence-corrected chi connectivity index (χ2v) is 10.5. The third-order valence-corrected chi connectivity index (χ3v) is 7.81. The number of nitrogens with zero attached hydrogens (tertiary/aromatic N) is 1. The molecule has 0 saturated carbocycles. The molecule has 2 heterocycles. The second-order valence-electron chi connectivity index (χ2n) is 8.56. The van der Waals surface area contributed by atoms with Crippen molar-refractivity contribution in [3.05, 3.63) is 99.1 Å². The molecular formula is C26H23FN2O5S. The third kappa shape index (κ3) is 4.40. The van der Waals surface area contributed by atoms with Gasteiger partial charge in [0.05, 0.1) is 0 Å². The highest BCUT2D eigenvalue weighted by Crippen LogP contribution is 2.33. The van der Waals surface area contributed by atoms with Crippen molar-refractivity contribution in [1.29, 1.82) is 0 Å². The van der Waals surface area contributed by atoms with Gasteiger partial charge in [-0.3, -0.25) is 4.79 Å². The fourth-order valence-electron chi connectivity index (χ4n) is 4.29. The fourth-order valence-corrected chi connectivity index (χ4v) is 5.76. The van der Waals surface area contributed by atoms with Crippen molar-refractivity contribution in [2.75, 3.05) is 6.79 Å². The quantitative estimate of drug-likeness (QED) is 0.429. The monoisotopic (exact) mass is 494 g/mol. The molecule has 35 heavy (non-hydrogen) atoms. The van der Waals surface area contributed by atoms with E-state index in [1.54, 1.807) is 24.3 Å². The minimum absolute atomic E-state index is 0.0846.